The molecule has 1 fully saturated rings. The summed E-state index contributed by atoms with van der Waals surface area (Å²) < 4.78 is 0. The van der Waals surface area contributed by atoms with Crippen LogP contribution in [0.3, 0.4) is 0 Å². The maximum Gasteiger partial charge on any atom is 0.239 e. The fourth-order valence-electron chi connectivity index (χ4n) is 1.42. The molecule has 1 aliphatic heterocycles. The minimum Gasteiger partial charge on any atom is -0.344 e. The zero-order chi connectivity index (χ0) is 9.84. The Hall–Kier alpha value is -0.830. The van der Waals surface area contributed by atoms with E-state index in [-0.39, 0.29) is 11.9 Å². The van der Waals surface area contributed by atoms with E-state index < -0.39 is 0 Å². The highest BCUT2D eigenvalue weighted by Gasteiger charge is 2.27. The van der Waals surface area contributed by atoms with E-state index in [1.807, 2.05) is 7.05 Å². The summed E-state index contributed by atoms with van der Waals surface area (Å²) >= 11 is 0. The van der Waals surface area contributed by atoms with Crippen molar-refractivity contribution in [3.8, 4) is 0 Å². The number of rotatable bonds is 3. The van der Waals surface area contributed by atoms with Crippen LogP contribution in [0.25, 0.3) is 0 Å². The molecule has 3 heteroatoms. The molecule has 0 bridgehead atoms. The van der Waals surface area contributed by atoms with Crippen molar-refractivity contribution in [3.63, 3.8) is 0 Å². The van der Waals surface area contributed by atoms with E-state index in [4.69, 9.17) is 0 Å². The second-order valence-corrected chi connectivity index (χ2v) is 3.79. The first-order valence-electron chi connectivity index (χ1n) is 4.73. The van der Waals surface area contributed by atoms with Crippen molar-refractivity contribution in [1.29, 1.82) is 0 Å². The summed E-state index contributed by atoms with van der Waals surface area (Å²) in [5.74, 6) is 0.224. The van der Waals surface area contributed by atoms with Gasteiger partial charge in [0.1, 0.15) is 0 Å². The lowest BCUT2D eigenvalue weighted by molar-refractivity contribution is -0.128. The first-order valence-corrected chi connectivity index (χ1v) is 4.73. The van der Waals surface area contributed by atoms with Gasteiger partial charge in [0.2, 0.25) is 5.91 Å². The van der Waals surface area contributed by atoms with Crippen molar-refractivity contribution in [2.45, 2.75) is 26.3 Å². The average Bonchev–Trinajstić information content (AvgIpc) is 2.35. The van der Waals surface area contributed by atoms with Gasteiger partial charge in [-0.3, -0.25) is 4.79 Å². The number of carbonyl (C=O) groups is 1. The summed E-state index contributed by atoms with van der Waals surface area (Å²) in [6, 6.07) is 0.0422. The molecule has 1 rings (SSSR count). The van der Waals surface area contributed by atoms with Gasteiger partial charge >= 0.3 is 0 Å². The van der Waals surface area contributed by atoms with Gasteiger partial charge in [-0.15, -0.1) is 0 Å². The number of likely N-dealkylation sites (tertiary alicyclic amines) is 1. The van der Waals surface area contributed by atoms with Crippen LogP contribution in [0.15, 0.2) is 11.6 Å². The van der Waals surface area contributed by atoms with Gasteiger partial charge < -0.3 is 10.2 Å². The molecule has 0 aliphatic carbocycles. The molecule has 1 unspecified atom stereocenters. The summed E-state index contributed by atoms with van der Waals surface area (Å²) in [7, 11) is 1.85. The van der Waals surface area contributed by atoms with E-state index >= 15 is 0 Å². The first kappa shape index (κ1) is 10.3. The molecule has 13 heavy (non-hydrogen) atoms. The average molecular weight is 182 g/mol. The summed E-state index contributed by atoms with van der Waals surface area (Å²) in [6.45, 7) is 5.80. The van der Waals surface area contributed by atoms with Gasteiger partial charge in [0, 0.05) is 20.1 Å². The van der Waals surface area contributed by atoms with Crippen LogP contribution >= 0.6 is 0 Å². The van der Waals surface area contributed by atoms with E-state index in [9.17, 15) is 4.79 Å². The molecule has 3 nitrogen and oxygen atoms in total. The number of likely N-dealkylation sites (N-methyl/N-ethyl adjacent to an activating group) is 1. The minimum absolute atomic E-state index is 0.0422. The van der Waals surface area contributed by atoms with E-state index in [1.54, 1.807) is 4.90 Å². The zero-order valence-corrected chi connectivity index (χ0v) is 8.63. The zero-order valence-electron chi connectivity index (χ0n) is 8.63. The van der Waals surface area contributed by atoms with Gasteiger partial charge in [0.25, 0.3) is 0 Å². The minimum atomic E-state index is 0.0422. The molecular formula is C10H18N2O. The smallest absolute Gasteiger partial charge is 0.239 e. The SMILES string of the molecule is CC(C)=CCNC1CCN(C)C1=O. The lowest BCUT2D eigenvalue weighted by Crippen LogP contribution is -2.36. The Kier molecular flexibility index (Phi) is 3.48. The molecule has 1 aliphatic rings. The number of nitrogens with zero attached hydrogens (tertiary/aromatic N) is 1. The number of allylic oxidation sites excluding steroid dienone is 1. The monoisotopic (exact) mass is 182 g/mol. The summed E-state index contributed by atoms with van der Waals surface area (Å²) in [6.07, 6.45) is 3.04. The third kappa shape index (κ3) is 2.84. The molecular weight excluding hydrogens is 164 g/mol. The van der Waals surface area contributed by atoms with Gasteiger partial charge in [0.15, 0.2) is 0 Å². The van der Waals surface area contributed by atoms with Crippen LogP contribution in [0.4, 0.5) is 0 Å². The maximum atomic E-state index is 11.4. The van der Waals surface area contributed by atoms with Gasteiger partial charge in [-0.1, -0.05) is 11.6 Å². The fourth-order valence-corrected chi connectivity index (χ4v) is 1.42. The maximum absolute atomic E-state index is 11.4. The molecule has 74 valence electrons. The lowest BCUT2D eigenvalue weighted by Gasteiger charge is -2.10. The molecule has 1 heterocycles. The third-order valence-corrected chi connectivity index (χ3v) is 2.30. The largest absolute Gasteiger partial charge is 0.344 e. The van der Waals surface area contributed by atoms with Gasteiger partial charge in [-0.25, -0.2) is 0 Å². The van der Waals surface area contributed by atoms with Crippen molar-refractivity contribution >= 4 is 5.91 Å². The summed E-state index contributed by atoms with van der Waals surface area (Å²) in [5, 5.41) is 3.23. The number of carbonyl (C=O) groups excluding carboxylic acids is 1. The second kappa shape index (κ2) is 4.42. The molecule has 0 aromatic heterocycles. The molecule has 0 aromatic rings. The van der Waals surface area contributed by atoms with Crippen molar-refractivity contribution in [2.75, 3.05) is 20.1 Å². The van der Waals surface area contributed by atoms with Crippen LogP contribution in [0, 0.1) is 0 Å². The Morgan fingerprint density at radius 3 is 2.85 bits per heavy atom. The Labute approximate surface area is 79.8 Å². The molecule has 0 radical (unpaired) electrons. The molecule has 1 N–H and O–H groups in total. The van der Waals surface area contributed by atoms with Crippen LogP contribution in [0.2, 0.25) is 0 Å². The number of nitrogens with one attached hydrogen (secondary N) is 1. The predicted octanol–water partition coefficient (Wildman–Crippen LogP) is 0.773. The molecule has 0 aromatic carbocycles. The highest BCUT2D eigenvalue weighted by atomic mass is 16.2. The quantitative estimate of drug-likeness (QED) is 0.654. The topological polar surface area (TPSA) is 32.3 Å². The molecule has 1 amide bonds. The predicted molar refractivity (Wildman–Crippen MR) is 53.5 cm³/mol. The van der Waals surface area contributed by atoms with Crippen molar-refractivity contribution in [1.82, 2.24) is 10.2 Å². The third-order valence-electron chi connectivity index (χ3n) is 2.30. The highest BCUT2D eigenvalue weighted by Crippen LogP contribution is 2.07. The van der Waals surface area contributed by atoms with Gasteiger partial charge in [-0.2, -0.15) is 0 Å². The number of hydrogen-bond acceptors (Lipinski definition) is 2. The standard InChI is InChI=1S/C10H18N2O/c1-8(2)4-6-11-9-5-7-12(3)10(9)13/h4,9,11H,5-7H2,1-3H3. The van der Waals surface area contributed by atoms with Gasteiger partial charge in [0.05, 0.1) is 6.04 Å². The summed E-state index contributed by atoms with van der Waals surface area (Å²) in [5.41, 5.74) is 1.28. The molecule has 1 atom stereocenters. The van der Waals surface area contributed by atoms with E-state index in [0.29, 0.717) is 0 Å². The van der Waals surface area contributed by atoms with E-state index in [2.05, 4.69) is 25.2 Å². The first-order chi connectivity index (χ1) is 6.11. The molecule has 0 spiro atoms. The summed E-state index contributed by atoms with van der Waals surface area (Å²) in [4.78, 5) is 13.2. The fraction of sp³-hybridized carbons (Fsp3) is 0.700. The Morgan fingerprint density at radius 2 is 2.38 bits per heavy atom. The lowest BCUT2D eigenvalue weighted by atomic mass is 10.2. The van der Waals surface area contributed by atoms with E-state index in [0.717, 1.165) is 19.5 Å². The van der Waals surface area contributed by atoms with Crippen molar-refractivity contribution in [3.05, 3.63) is 11.6 Å². The van der Waals surface area contributed by atoms with Crippen molar-refractivity contribution < 1.29 is 4.79 Å². The Morgan fingerprint density at radius 1 is 1.69 bits per heavy atom. The normalized spacial score (nSPS) is 22.2. The van der Waals surface area contributed by atoms with Gasteiger partial charge in [-0.05, 0) is 20.3 Å². The number of amides is 1. The Bertz CT molecular complexity index is 219. The van der Waals surface area contributed by atoms with Crippen LogP contribution < -0.4 is 5.32 Å². The van der Waals surface area contributed by atoms with Crippen LogP contribution in [0.5, 0.6) is 0 Å². The van der Waals surface area contributed by atoms with Crippen LogP contribution in [-0.2, 0) is 4.79 Å². The van der Waals surface area contributed by atoms with Crippen LogP contribution in [0.1, 0.15) is 20.3 Å². The van der Waals surface area contributed by atoms with E-state index in [1.165, 1.54) is 5.57 Å². The second-order valence-electron chi connectivity index (χ2n) is 3.79. The molecule has 1 saturated heterocycles. The van der Waals surface area contributed by atoms with Crippen LogP contribution in [-0.4, -0.2) is 37.0 Å². The van der Waals surface area contributed by atoms with Crippen molar-refractivity contribution in [2.24, 2.45) is 0 Å². The molecule has 0 saturated carbocycles. The Balaban J connectivity index is 2.31. The number of hydrogen-bond donors (Lipinski definition) is 1. The highest BCUT2D eigenvalue weighted by molar-refractivity contribution is 5.83.